The van der Waals surface area contributed by atoms with E-state index in [1.54, 1.807) is 0 Å². The molecule has 244 valence electrons. The maximum atomic E-state index is 2.43. The summed E-state index contributed by atoms with van der Waals surface area (Å²) in [6, 6.07) is 37.7. The van der Waals surface area contributed by atoms with Gasteiger partial charge in [0.05, 0.1) is 0 Å². The summed E-state index contributed by atoms with van der Waals surface area (Å²) in [6.07, 6.45) is 13.0. The predicted molar refractivity (Wildman–Crippen MR) is 214 cm³/mol. The van der Waals surface area contributed by atoms with Crippen LogP contribution in [0.15, 0.2) is 155 Å². The average Bonchev–Trinajstić information content (AvgIpc) is 3.44. The fourth-order valence-electron chi connectivity index (χ4n) is 8.70. The molecule has 0 N–H and O–H groups in total. The monoisotopic (exact) mass is 657 g/mol. The van der Waals surface area contributed by atoms with Crippen LogP contribution >= 0.6 is 0 Å². The number of rotatable bonds is 3. The minimum atomic E-state index is -0.107. The molecule has 3 heteroatoms. The molecule has 0 amide bonds. The predicted octanol–water partition coefficient (Wildman–Crippen LogP) is 11.3. The summed E-state index contributed by atoms with van der Waals surface area (Å²) in [5.74, 6) is 0. The third-order valence-electron chi connectivity index (χ3n) is 11.1. The molecule has 0 saturated heterocycles. The number of hydrogen-bond acceptors (Lipinski definition) is 2. The number of fused-ring (bicyclic) bond motifs is 6. The summed E-state index contributed by atoms with van der Waals surface area (Å²) in [7, 11) is 4.46. The van der Waals surface area contributed by atoms with Crippen molar-refractivity contribution in [2.45, 2.75) is 62.7 Å². The molecule has 5 aromatic rings. The van der Waals surface area contributed by atoms with Crippen LogP contribution in [0.5, 0.6) is 0 Å². The van der Waals surface area contributed by atoms with Crippen molar-refractivity contribution in [3.63, 3.8) is 0 Å². The Labute approximate surface area is 295 Å². The summed E-state index contributed by atoms with van der Waals surface area (Å²) >= 11 is 1.92. The second-order valence-electron chi connectivity index (χ2n) is 14.8. The first-order chi connectivity index (χ1) is 23.7. The summed E-state index contributed by atoms with van der Waals surface area (Å²) in [5.41, 5.74) is 10.8. The van der Waals surface area contributed by atoms with Crippen molar-refractivity contribution >= 4 is 49.1 Å². The lowest BCUT2D eigenvalue weighted by Crippen LogP contribution is -2.23. The van der Waals surface area contributed by atoms with Gasteiger partial charge in [-0.2, -0.15) is 0 Å². The van der Waals surface area contributed by atoms with E-state index < -0.39 is 0 Å². The summed E-state index contributed by atoms with van der Waals surface area (Å²) in [4.78, 5) is 7.50. The summed E-state index contributed by atoms with van der Waals surface area (Å²) in [6.45, 7) is 9.54. The van der Waals surface area contributed by atoms with Gasteiger partial charge in [-0.05, 0) is 76.2 Å². The van der Waals surface area contributed by atoms with Crippen LogP contribution in [-0.2, 0) is 22.2 Å². The molecule has 2 aliphatic heterocycles. The zero-order chi connectivity index (χ0) is 33.9. The van der Waals surface area contributed by atoms with Gasteiger partial charge in [0.2, 0.25) is 21.1 Å². The molecule has 8 rings (SSSR count). The number of anilines is 2. The smallest absolute Gasteiger partial charge is 0.237 e. The van der Waals surface area contributed by atoms with Crippen molar-refractivity contribution in [1.29, 1.82) is 0 Å². The third-order valence-corrected chi connectivity index (χ3v) is 12.3. The highest BCUT2D eigenvalue weighted by Crippen LogP contribution is 2.51. The van der Waals surface area contributed by atoms with Crippen LogP contribution in [0.2, 0.25) is 0 Å². The van der Waals surface area contributed by atoms with Crippen LogP contribution in [0.25, 0.3) is 21.5 Å². The first kappa shape index (κ1) is 31.5. The van der Waals surface area contributed by atoms with Gasteiger partial charge in [-0.1, -0.05) is 119 Å². The minimum Gasteiger partial charge on any atom is -0.347 e. The maximum Gasteiger partial charge on any atom is 0.237 e. The van der Waals surface area contributed by atoms with Crippen molar-refractivity contribution < 1.29 is 0 Å². The van der Waals surface area contributed by atoms with E-state index in [4.69, 9.17) is 0 Å². The van der Waals surface area contributed by atoms with E-state index in [0.717, 1.165) is 19.3 Å². The van der Waals surface area contributed by atoms with Gasteiger partial charge in [0.15, 0.2) is 0 Å². The molecular formula is C46H45N2S+. The Bertz CT molecular complexity index is 2140. The van der Waals surface area contributed by atoms with Crippen LogP contribution in [0.4, 0.5) is 11.4 Å². The van der Waals surface area contributed by atoms with E-state index in [1.165, 1.54) is 76.3 Å². The van der Waals surface area contributed by atoms with Gasteiger partial charge in [0.1, 0.15) is 0 Å². The molecule has 1 saturated carbocycles. The lowest BCUT2D eigenvalue weighted by molar-refractivity contribution is 0.645. The van der Waals surface area contributed by atoms with E-state index in [0.29, 0.717) is 0 Å². The maximum absolute atomic E-state index is 2.43. The largest absolute Gasteiger partial charge is 0.347 e. The van der Waals surface area contributed by atoms with Gasteiger partial charge in [-0.3, -0.25) is 0 Å². The highest BCUT2D eigenvalue weighted by atomic mass is 32.1. The SMILES string of the molecule is CN1C(=C/C=C2\CCC/C(=C\C=C3\N(C)c4ccc5ccccc5c4C3(C)C)C2=[S+]c2ccccc2)C(C)(C)c2c1ccc1ccccc21. The van der Waals surface area contributed by atoms with E-state index >= 15 is 0 Å². The van der Waals surface area contributed by atoms with Crippen molar-refractivity contribution in [3.8, 4) is 0 Å². The second kappa shape index (κ2) is 12.0. The zero-order valence-electron chi connectivity index (χ0n) is 29.5. The average molecular weight is 658 g/mol. The molecule has 1 fully saturated rings. The number of allylic oxidation sites excluding steroid dienone is 8. The van der Waals surface area contributed by atoms with Crippen molar-refractivity contribution in [1.82, 2.24) is 0 Å². The molecule has 0 spiro atoms. The van der Waals surface area contributed by atoms with Crippen LogP contribution < -0.4 is 9.80 Å². The molecule has 0 radical (unpaired) electrons. The Morgan fingerprint density at radius 2 is 0.980 bits per heavy atom. The number of hydrogen-bond donors (Lipinski definition) is 0. The highest BCUT2D eigenvalue weighted by molar-refractivity contribution is 7.79. The zero-order valence-corrected chi connectivity index (χ0v) is 30.4. The highest BCUT2D eigenvalue weighted by Gasteiger charge is 2.41. The lowest BCUT2D eigenvalue weighted by Gasteiger charge is -2.25. The van der Waals surface area contributed by atoms with Crippen LogP contribution in [0.3, 0.4) is 0 Å². The van der Waals surface area contributed by atoms with E-state index in [-0.39, 0.29) is 10.8 Å². The summed E-state index contributed by atoms with van der Waals surface area (Å²) in [5, 5.41) is 5.32. The molecule has 1 aliphatic carbocycles. The molecule has 0 bridgehead atoms. The first-order valence-electron chi connectivity index (χ1n) is 17.6. The second-order valence-corrected chi connectivity index (χ2v) is 15.9. The number of benzene rings is 5. The van der Waals surface area contributed by atoms with Gasteiger partial charge < -0.3 is 9.80 Å². The quantitative estimate of drug-likeness (QED) is 0.108. The van der Waals surface area contributed by atoms with Gasteiger partial charge in [-0.15, -0.1) is 0 Å². The van der Waals surface area contributed by atoms with E-state index in [1.807, 2.05) is 11.4 Å². The molecule has 5 aromatic carbocycles. The summed E-state index contributed by atoms with van der Waals surface area (Å²) < 4.78 is 0. The molecule has 0 atom stereocenters. The van der Waals surface area contributed by atoms with Gasteiger partial charge >= 0.3 is 0 Å². The number of likely N-dealkylation sites (N-methyl/N-ethyl adjacent to an activating group) is 2. The Hall–Kier alpha value is -4.73. The van der Waals surface area contributed by atoms with E-state index in [9.17, 15) is 0 Å². The molecule has 2 nitrogen and oxygen atoms in total. The van der Waals surface area contributed by atoms with Gasteiger partial charge in [0.25, 0.3) is 0 Å². The molecule has 0 aromatic heterocycles. The van der Waals surface area contributed by atoms with Crippen LogP contribution in [0, 0.1) is 0 Å². The van der Waals surface area contributed by atoms with Crippen molar-refractivity contribution in [2.75, 3.05) is 23.9 Å². The fourth-order valence-corrected chi connectivity index (χ4v) is 9.84. The van der Waals surface area contributed by atoms with Crippen molar-refractivity contribution in [2.24, 2.45) is 0 Å². The van der Waals surface area contributed by atoms with Crippen LogP contribution in [-0.4, -0.2) is 19.0 Å². The van der Waals surface area contributed by atoms with Gasteiger partial charge in [-0.25, -0.2) is 0 Å². The fraction of sp³-hybridized carbons (Fsp3) is 0.239. The molecular weight excluding hydrogens is 613 g/mol. The molecule has 49 heavy (non-hydrogen) atoms. The van der Waals surface area contributed by atoms with Crippen LogP contribution in [0.1, 0.15) is 58.1 Å². The lowest BCUT2D eigenvalue weighted by atomic mass is 9.80. The standard InChI is InChI=1S/C46H45N2S/c1-45(2)40(47(5)38-27-23-31-15-10-12-21-36(31)42(38)45)29-25-33-17-14-18-34(44(33)49-35-19-8-7-9-20-35)26-30-41-46(3,4)43-37-22-13-11-16-32(37)24-28-39(43)48(41)6/h7-13,15-16,19-30H,14,17-18H2,1-6H3/q+1/b33-25+,34-26+,40-29+,41-30?. The Morgan fingerprint density at radius 3 is 1.47 bits per heavy atom. The number of nitrogens with zero attached hydrogens (tertiary/aromatic N) is 2. The molecule has 0 unspecified atom stereocenters. The van der Waals surface area contributed by atoms with E-state index in [2.05, 4.69) is 179 Å². The van der Waals surface area contributed by atoms with Crippen molar-refractivity contribution in [3.05, 3.63) is 161 Å². The van der Waals surface area contributed by atoms with Gasteiger partial charge in [0, 0.05) is 71.0 Å². The Morgan fingerprint density at radius 1 is 0.531 bits per heavy atom. The Balaban J connectivity index is 1.21. The normalized spacial score (nSPS) is 22.3. The molecule has 2 heterocycles. The third kappa shape index (κ3) is 5.18. The topological polar surface area (TPSA) is 6.48 Å². The molecule has 3 aliphatic rings. The first-order valence-corrected chi connectivity index (χ1v) is 18.4. The minimum absolute atomic E-state index is 0.107. The Kier molecular flexibility index (Phi) is 7.72.